The number of hydrogen-bond donors (Lipinski definition) is 0. The lowest BCUT2D eigenvalue weighted by atomic mass is 10.0. The molecule has 5 heteroatoms. The largest absolute Gasteiger partial charge is 0.305 e. The molecule has 0 aliphatic rings. The first kappa shape index (κ1) is 23.4. The highest BCUT2D eigenvalue weighted by atomic mass is 19.1. The average Bonchev–Trinajstić information content (AvgIpc) is 2.78. The van der Waals surface area contributed by atoms with E-state index in [1.165, 1.54) is 23.3 Å². The van der Waals surface area contributed by atoms with Gasteiger partial charge in [-0.15, -0.1) is 0 Å². The normalized spacial score (nSPS) is 12.4. The SMILES string of the molecule is CC/C(C)=C/C=C(\Cc1ccccc1F)c1nn(-c2ccc(CN(C)C)cc2)ccc1=O. The third-order valence-electron chi connectivity index (χ3n) is 5.28. The summed E-state index contributed by atoms with van der Waals surface area (Å²) in [7, 11) is 4.06. The Balaban J connectivity index is 2.03. The van der Waals surface area contributed by atoms with Crippen molar-refractivity contribution in [2.75, 3.05) is 14.1 Å². The van der Waals surface area contributed by atoms with Crippen molar-refractivity contribution < 1.29 is 4.39 Å². The summed E-state index contributed by atoms with van der Waals surface area (Å²) in [6, 6.07) is 16.2. The van der Waals surface area contributed by atoms with E-state index in [0.29, 0.717) is 16.8 Å². The van der Waals surface area contributed by atoms with Crippen molar-refractivity contribution >= 4 is 5.57 Å². The minimum atomic E-state index is -0.290. The molecule has 166 valence electrons. The molecule has 0 saturated heterocycles. The quantitative estimate of drug-likeness (QED) is 0.447. The maximum atomic E-state index is 14.4. The molecule has 1 aromatic heterocycles. The van der Waals surface area contributed by atoms with Crippen molar-refractivity contribution in [2.24, 2.45) is 0 Å². The monoisotopic (exact) mass is 431 g/mol. The van der Waals surface area contributed by atoms with E-state index in [1.54, 1.807) is 29.1 Å². The Bertz CT molecular complexity index is 1170. The smallest absolute Gasteiger partial charge is 0.207 e. The second-order valence-electron chi connectivity index (χ2n) is 8.20. The first-order chi connectivity index (χ1) is 15.4. The van der Waals surface area contributed by atoms with Crippen molar-refractivity contribution in [3.63, 3.8) is 0 Å². The summed E-state index contributed by atoms with van der Waals surface area (Å²) in [4.78, 5) is 14.9. The molecular formula is C27H30FN3O. The van der Waals surface area contributed by atoms with Crippen molar-refractivity contribution in [3.8, 4) is 5.69 Å². The number of aromatic nitrogens is 2. The van der Waals surface area contributed by atoms with Crippen LogP contribution in [0.4, 0.5) is 4.39 Å². The summed E-state index contributed by atoms with van der Waals surface area (Å²) in [5.74, 6) is -0.290. The minimum Gasteiger partial charge on any atom is -0.305 e. The van der Waals surface area contributed by atoms with Crippen LogP contribution in [0.5, 0.6) is 0 Å². The van der Waals surface area contributed by atoms with Gasteiger partial charge in [-0.1, -0.05) is 55.0 Å². The summed E-state index contributed by atoms with van der Waals surface area (Å²) < 4.78 is 16.1. The van der Waals surface area contributed by atoms with Crippen LogP contribution in [-0.2, 0) is 13.0 Å². The fourth-order valence-corrected chi connectivity index (χ4v) is 3.32. The highest BCUT2D eigenvalue weighted by Crippen LogP contribution is 2.20. The zero-order valence-corrected chi connectivity index (χ0v) is 19.2. The van der Waals surface area contributed by atoms with Crippen molar-refractivity contribution in [1.82, 2.24) is 14.7 Å². The predicted octanol–water partition coefficient (Wildman–Crippen LogP) is 5.42. The molecule has 0 bridgehead atoms. The van der Waals surface area contributed by atoms with Gasteiger partial charge in [0.05, 0.1) is 5.69 Å². The molecule has 0 aliphatic carbocycles. The van der Waals surface area contributed by atoms with Crippen molar-refractivity contribution in [1.29, 1.82) is 0 Å². The molecule has 1 heterocycles. The summed E-state index contributed by atoms with van der Waals surface area (Å²) in [6.07, 6.45) is 6.72. The molecule has 4 nitrogen and oxygen atoms in total. The number of hydrogen-bond acceptors (Lipinski definition) is 3. The third kappa shape index (κ3) is 6.11. The molecule has 0 fully saturated rings. The minimum absolute atomic E-state index is 0.185. The Morgan fingerprint density at radius 3 is 2.44 bits per heavy atom. The Morgan fingerprint density at radius 2 is 1.78 bits per heavy atom. The third-order valence-corrected chi connectivity index (χ3v) is 5.28. The molecule has 0 saturated carbocycles. The van der Waals surface area contributed by atoms with Gasteiger partial charge in [0, 0.05) is 25.2 Å². The Morgan fingerprint density at radius 1 is 1.06 bits per heavy atom. The molecule has 3 rings (SSSR count). The number of allylic oxidation sites excluding steroid dienone is 4. The Hall–Kier alpha value is -3.31. The van der Waals surface area contributed by atoms with Gasteiger partial charge in [0.1, 0.15) is 11.5 Å². The number of benzene rings is 2. The maximum absolute atomic E-state index is 14.4. The van der Waals surface area contributed by atoms with E-state index < -0.39 is 0 Å². The fourth-order valence-electron chi connectivity index (χ4n) is 3.32. The van der Waals surface area contributed by atoms with Gasteiger partial charge >= 0.3 is 0 Å². The lowest BCUT2D eigenvalue weighted by Crippen LogP contribution is -2.16. The first-order valence-corrected chi connectivity index (χ1v) is 10.8. The van der Waals surface area contributed by atoms with Gasteiger partial charge in [0.25, 0.3) is 0 Å². The van der Waals surface area contributed by atoms with Gasteiger partial charge in [0.2, 0.25) is 5.43 Å². The lowest BCUT2D eigenvalue weighted by Gasteiger charge is -2.13. The molecule has 0 spiro atoms. The van der Waals surface area contributed by atoms with E-state index in [1.807, 2.05) is 45.3 Å². The average molecular weight is 432 g/mol. The van der Waals surface area contributed by atoms with Crippen LogP contribution in [0.1, 0.15) is 37.1 Å². The first-order valence-electron chi connectivity index (χ1n) is 10.8. The van der Waals surface area contributed by atoms with E-state index >= 15 is 0 Å². The molecule has 0 unspecified atom stereocenters. The summed E-state index contributed by atoms with van der Waals surface area (Å²) in [6.45, 7) is 4.95. The number of rotatable bonds is 8. The van der Waals surface area contributed by atoms with Gasteiger partial charge in [0.15, 0.2) is 0 Å². The summed E-state index contributed by atoms with van der Waals surface area (Å²) in [5, 5.41) is 4.64. The van der Waals surface area contributed by atoms with Crippen LogP contribution in [0.25, 0.3) is 11.3 Å². The van der Waals surface area contributed by atoms with Gasteiger partial charge in [-0.3, -0.25) is 4.79 Å². The second kappa shape index (κ2) is 10.8. The van der Waals surface area contributed by atoms with Crippen LogP contribution in [0.2, 0.25) is 0 Å². The van der Waals surface area contributed by atoms with E-state index in [4.69, 9.17) is 0 Å². The lowest BCUT2D eigenvalue weighted by molar-refractivity contribution is 0.402. The highest BCUT2D eigenvalue weighted by molar-refractivity contribution is 5.66. The van der Waals surface area contributed by atoms with Crippen LogP contribution in [0.3, 0.4) is 0 Å². The van der Waals surface area contributed by atoms with Gasteiger partial charge in [-0.05, 0) is 62.3 Å². The second-order valence-corrected chi connectivity index (χ2v) is 8.20. The molecule has 2 aromatic carbocycles. The van der Waals surface area contributed by atoms with Crippen LogP contribution in [0.15, 0.2) is 83.3 Å². The zero-order valence-electron chi connectivity index (χ0n) is 19.2. The summed E-state index contributed by atoms with van der Waals surface area (Å²) in [5.41, 5.74) is 4.59. The number of halogens is 1. The Kier molecular flexibility index (Phi) is 7.90. The van der Waals surface area contributed by atoms with Crippen LogP contribution < -0.4 is 5.43 Å². The van der Waals surface area contributed by atoms with E-state index in [9.17, 15) is 9.18 Å². The topological polar surface area (TPSA) is 38.1 Å². The molecule has 0 aliphatic heterocycles. The van der Waals surface area contributed by atoms with Crippen molar-refractivity contribution in [2.45, 2.75) is 33.2 Å². The van der Waals surface area contributed by atoms with Crippen molar-refractivity contribution in [3.05, 3.63) is 111 Å². The molecule has 0 N–H and O–H groups in total. The summed E-state index contributed by atoms with van der Waals surface area (Å²) >= 11 is 0. The van der Waals surface area contributed by atoms with Gasteiger partial charge in [-0.25, -0.2) is 9.07 Å². The molecule has 0 amide bonds. The predicted molar refractivity (Wildman–Crippen MR) is 129 cm³/mol. The zero-order chi connectivity index (χ0) is 23.1. The molecule has 0 atom stereocenters. The molecule has 3 aromatic rings. The van der Waals surface area contributed by atoms with E-state index in [-0.39, 0.29) is 17.7 Å². The van der Waals surface area contributed by atoms with Gasteiger partial charge < -0.3 is 4.90 Å². The van der Waals surface area contributed by atoms with Gasteiger partial charge in [-0.2, -0.15) is 5.10 Å². The van der Waals surface area contributed by atoms with E-state index in [2.05, 4.69) is 29.1 Å². The standard InChI is InChI=1S/C27H30FN3O/c1-5-20(2)10-13-23(18-22-8-6-7-9-25(22)28)27-26(32)16-17-31(29-27)24-14-11-21(12-15-24)19-30(3)4/h6-17H,5,18-19H2,1-4H3/b20-10+,23-13+. The Labute approximate surface area is 189 Å². The molecular weight excluding hydrogens is 401 g/mol. The highest BCUT2D eigenvalue weighted by Gasteiger charge is 2.13. The molecule has 0 radical (unpaired) electrons. The molecule has 32 heavy (non-hydrogen) atoms. The van der Waals surface area contributed by atoms with Crippen LogP contribution >= 0.6 is 0 Å². The maximum Gasteiger partial charge on any atom is 0.207 e. The number of nitrogens with zero attached hydrogens (tertiary/aromatic N) is 3. The fraction of sp³-hybridized carbons (Fsp3) is 0.259. The van der Waals surface area contributed by atoms with Crippen LogP contribution in [-0.4, -0.2) is 28.8 Å². The van der Waals surface area contributed by atoms with Crippen LogP contribution in [0, 0.1) is 5.82 Å². The van der Waals surface area contributed by atoms with E-state index in [0.717, 1.165) is 18.7 Å².